The molecule has 0 bridgehead atoms. The van der Waals surface area contributed by atoms with Crippen LogP contribution in [0.5, 0.6) is 0 Å². The van der Waals surface area contributed by atoms with Crippen molar-refractivity contribution in [3.05, 3.63) is 35.9 Å². The minimum Gasteiger partial charge on any atom is -0.357 e. The van der Waals surface area contributed by atoms with E-state index in [1.165, 1.54) is 31.6 Å². The Kier molecular flexibility index (Phi) is 12.3. The third kappa shape index (κ3) is 8.86. The number of carbonyl (C=O) groups excluding carboxylic acids is 1. The summed E-state index contributed by atoms with van der Waals surface area (Å²) in [4.78, 5) is 25.7. The third-order valence-corrected chi connectivity index (χ3v) is 6.22. The van der Waals surface area contributed by atoms with Gasteiger partial charge in [-0.05, 0) is 31.9 Å². The SMILES string of the molecule is CCNC(=NCCCCN1CCN(Cc2ccccc2)CC1)N1CCN(C(C)=O)CC1.I. The molecule has 0 aliphatic carbocycles. The van der Waals surface area contributed by atoms with Crippen molar-refractivity contribution in [2.24, 2.45) is 4.99 Å². The van der Waals surface area contributed by atoms with Gasteiger partial charge in [0.1, 0.15) is 0 Å². The highest BCUT2D eigenvalue weighted by molar-refractivity contribution is 14.0. The monoisotopic (exact) mass is 556 g/mol. The van der Waals surface area contributed by atoms with Crippen molar-refractivity contribution in [1.82, 2.24) is 24.9 Å². The van der Waals surface area contributed by atoms with Crippen molar-refractivity contribution in [3.8, 4) is 0 Å². The Balaban J connectivity index is 0.00000363. The number of unbranched alkanes of at least 4 members (excludes halogenated alkanes) is 1. The van der Waals surface area contributed by atoms with E-state index in [0.717, 1.165) is 71.3 Å². The summed E-state index contributed by atoms with van der Waals surface area (Å²) in [6.07, 6.45) is 2.31. The Hall–Kier alpha value is -1.39. The number of hydrogen-bond donors (Lipinski definition) is 1. The molecule has 7 nitrogen and oxygen atoms in total. The molecule has 1 N–H and O–H groups in total. The number of nitrogens with one attached hydrogen (secondary N) is 1. The minimum atomic E-state index is 0. The van der Waals surface area contributed by atoms with Crippen LogP contribution >= 0.6 is 24.0 Å². The molecular weight excluding hydrogens is 515 g/mol. The van der Waals surface area contributed by atoms with Crippen LogP contribution in [-0.4, -0.2) is 103 Å². The lowest BCUT2D eigenvalue weighted by atomic mass is 10.2. The molecule has 32 heavy (non-hydrogen) atoms. The summed E-state index contributed by atoms with van der Waals surface area (Å²) in [5, 5.41) is 3.42. The zero-order valence-corrected chi connectivity index (χ0v) is 22.2. The Morgan fingerprint density at radius 1 is 0.906 bits per heavy atom. The van der Waals surface area contributed by atoms with Crippen molar-refractivity contribution < 1.29 is 4.79 Å². The molecule has 0 spiro atoms. The number of amides is 1. The standard InChI is InChI=1S/C24H40N6O.HI/c1-3-25-24(30-19-17-29(18-20-30)22(2)31)26-11-7-8-12-27-13-15-28(16-14-27)21-23-9-5-4-6-10-23;/h4-6,9-10H,3,7-8,11-21H2,1-2H3,(H,25,26);1H. The van der Waals surface area contributed by atoms with Crippen LogP contribution in [0.1, 0.15) is 32.3 Å². The Bertz CT molecular complexity index is 685. The number of aliphatic imine (C=N–C) groups is 1. The number of hydrogen-bond acceptors (Lipinski definition) is 4. The molecule has 2 aliphatic heterocycles. The van der Waals surface area contributed by atoms with E-state index in [2.05, 4.69) is 57.3 Å². The van der Waals surface area contributed by atoms with Crippen LogP contribution in [0.2, 0.25) is 0 Å². The quantitative estimate of drug-likeness (QED) is 0.231. The van der Waals surface area contributed by atoms with Gasteiger partial charge in [-0.15, -0.1) is 24.0 Å². The zero-order valence-electron chi connectivity index (χ0n) is 19.8. The van der Waals surface area contributed by atoms with Gasteiger partial charge in [0.15, 0.2) is 5.96 Å². The molecule has 2 aliphatic rings. The second kappa shape index (κ2) is 14.7. The Labute approximate surface area is 211 Å². The Morgan fingerprint density at radius 2 is 1.53 bits per heavy atom. The van der Waals surface area contributed by atoms with Crippen LogP contribution in [0.15, 0.2) is 35.3 Å². The van der Waals surface area contributed by atoms with Gasteiger partial charge in [0, 0.05) is 78.9 Å². The number of halogens is 1. The van der Waals surface area contributed by atoms with Gasteiger partial charge in [0.2, 0.25) is 5.91 Å². The topological polar surface area (TPSA) is 54.4 Å². The number of piperazine rings is 2. The van der Waals surface area contributed by atoms with E-state index in [9.17, 15) is 4.79 Å². The van der Waals surface area contributed by atoms with Crippen molar-refractivity contribution in [1.29, 1.82) is 0 Å². The third-order valence-electron chi connectivity index (χ3n) is 6.22. The number of rotatable bonds is 8. The maximum atomic E-state index is 11.5. The van der Waals surface area contributed by atoms with Crippen LogP contribution in [0.4, 0.5) is 0 Å². The molecule has 1 aromatic carbocycles. The lowest BCUT2D eigenvalue weighted by Crippen LogP contribution is -2.53. The number of carbonyl (C=O) groups is 1. The first-order chi connectivity index (χ1) is 15.2. The smallest absolute Gasteiger partial charge is 0.219 e. The van der Waals surface area contributed by atoms with Crippen LogP contribution in [-0.2, 0) is 11.3 Å². The number of benzene rings is 1. The van der Waals surface area contributed by atoms with Crippen molar-refractivity contribution in [3.63, 3.8) is 0 Å². The van der Waals surface area contributed by atoms with E-state index in [0.29, 0.717) is 0 Å². The van der Waals surface area contributed by atoms with E-state index in [-0.39, 0.29) is 29.9 Å². The first-order valence-corrected chi connectivity index (χ1v) is 11.9. The van der Waals surface area contributed by atoms with Gasteiger partial charge in [0.25, 0.3) is 0 Å². The van der Waals surface area contributed by atoms with Gasteiger partial charge < -0.3 is 20.0 Å². The predicted octanol–water partition coefficient (Wildman–Crippen LogP) is 2.33. The maximum absolute atomic E-state index is 11.5. The van der Waals surface area contributed by atoms with E-state index in [1.54, 1.807) is 6.92 Å². The van der Waals surface area contributed by atoms with Crippen molar-refractivity contribution in [2.45, 2.75) is 33.2 Å². The molecule has 3 rings (SSSR count). The van der Waals surface area contributed by atoms with Gasteiger partial charge in [-0.25, -0.2) is 0 Å². The molecule has 0 saturated carbocycles. The molecule has 1 aromatic rings. The van der Waals surface area contributed by atoms with E-state index in [1.807, 2.05) is 4.90 Å². The number of nitrogens with zero attached hydrogens (tertiary/aromatic N) is 5. The molecule has 0 radical (unpaired) electrons. The molecule has 2 heterocycles. The fourth-order valence-corrected chi connectivity index (χ4v) is 4.30. The van der Waals surface area contributed by atoms with E-state index < -0.39 is 0 Å². The molecular formula is C24H41IN6O. The molecule has 2 saturated heterocycles. The van der Waals surface area contributed by atoms with Crippen LogP contribution in [0.25, 0.3) is 0 Å². The summed E-state index contributed by atoms with van der Waals surface area (Å²) in [7, 11) is 0. The summed E-state index contributed by atoms with van der Waals surface area (Å²) >= 11 is 0. The lowest BCUT2D eigenvalue weighted by Gasteiger charge is -2.36. The molecule has 2 fully saturated rings. The summed E-state index contributed by atoms with van der Waals surface area (Å²) in [5.74, 6) is 1.17. The molecule has 8 heteroatoms. The molecule has 0 aromatic heterocycles. The van der Waals surface area contributed by atoms with Crippen LogP contribution in [0, 0.1) is 0 Å². The summed E-state index contributed by atoms with van der Waals surface area (Å²) in [5.41, 5.74) is 1.41. The normalized spacial score (nSPS) is 18.4. The fraction of sp³-hybridized carbons (Fsp3) is 0.667. The highest BCUT2D eigenvalue weighted by Crippen LogP contribution is 2.09. The molecule has 1 amide bonds. The minimum absolute atomic E-state index is 0. The van der Waals surface area contributed by atoms with Gasteiger partial charge in [-0.2, -0.15) is 0 Å². The molecule has 180 valence electrons. The largest absolute Gasteiger partial charge is 0.357 e. The van der Waals surface area contributed by atoms with Crippen LogP contribution < -0.4 is 5.32 Å². The second-order valence-electron chi connectivity index (χ2n) is 8.54. The van der Waals surface area contributed by atoms with Crippen molar-refractivity contribution in [2.75, 3.05) is 72.0 Å². The van der Waals surface area contributed by atoms with E-state index >= 15 is 0 Å². The highest BCUT2D eigenvalue weighted by atomic mass is 127. The summed E-state index contributed by atoms with van der Waals surface area (Å²) in [6.45, 7) is 15.7. The average Bonchev–Trinajstić information content (AvgIpc) is 2.80. The molecule has 0 unspecified atom stereocenters. The maximum Gasteiger partial charge on any atom is 0.219 e. The van der Waals surface area contributed by atoms with Crippen molar-refractivity contribution >= 4 is 35.8 Å². The zero-order chi connectivity index (χ0) is 21.9. The predicted molar refractivity (Wildman–Crippen MR) is 143 cm³/mol. The van der Waals surface area contributed by atoms with E-state index in [4.69, 9.17) is 4.99 Å². The van der Waals surface area contributed by atoms with Crippen LogP contribution in [0.3, 0.4) is 0 Å². The second-order valence-corrected chi connectivity index (χ2v) is 8.54. The van der Waals surface area contributed by atoms with Gasteiger partial charge in [0.05, 0.1) is 0 Å². The number of guanidine groups is 1. The van der Waals surface area contributed by atoms with Gasteiger partial charge in [-0.1, -0.05) is 30.3 Å². The first-order valence-electron chi connectivity index (χ1n) is 11.9. The summed E-state index contributed by atoms with van der Waals surface area (Å²) < 4.78 is 0. The summed E-state index contributed by atoms with van der Waals surface area (Å²) in [6, 6.07) is 10.8. The Morgan fingerprint density at radius 3 is 2.16 bits per heavy atom. The fourth-order valence-electron chi connectivity index (χ4n) is 4.30. The molecule has 0 atom stereocenters. The highest BCUT2D eigenvalue weighted by Gasteiger charge is 2.21. The van der Waals surface area contributed by atoms with Gasteiger partial charge >= 0.3 is 0 Å². The lowest BCUT2D eigenvalue weighted by molar-refractivity contribution is -0.130. The first kappa shape index (κ1) is 26.9. The van der Waals surface area contributed by atoms with Gasteiger partial charge in [-0.3, -0.25) is 14.7 Å². The average molecular weight is 557 g/mol.